The van der Waals surface area contributed by atoms with Crippen LogP contribution in [0.4, 0.5) is 0 Å². The molecule has 106 valence electrons. The number of rotatable bonds is 5. The van der Waals surface area contributed by atoms with Crippen LogP contribution >= 0.6 is 0 Å². The van der Waals surface area contributed by atoms with Gasteiger partial charge in [-0.15, -0.1) is 10.2 Å². The van der Waals surface area contributed by atoms with Crippen molar-refractivity contribution in [3.63, 3.8) is 0 Å². The highest BCUT2D eigenvalue weighted by molar-refractivity contribution is 5.30. The Morgan fingerprint density at radius 3 is 2.43 bits per heavy atom. The van der Waals surface area contributed by atoms with Gasteiger partial charge in [0.2, 0.25) is 0 Å². The Hall–Kier alpha value is -2.53. The van der Waals surface area contributed by atoms with Gasteiger partial charge < -0.3 is 4.57 Å². The lowest BCUT2D eigenvalue weighted by molar-refractivity contribution is 0.572. The molecule has 0 saturated carbocycles. The summed E-state index contributed by atoms with van der Waals surface area (Å²) in [5, 5.41) is 11.6. The maximum atomic E-state index is 4.11. The Kier molecular flexibility index (Phi) is 4.02. The van der Waals surface area contributed by atoms with Crippen LogP contribution < -0.4 is 5.32 Å². The highest BCUT2D eigenvalue weighted by atomic mass is 15.3. The molecule has 1 aromatic carbocycles. The minimum atomic E-state index is 0.103. The summed E-state index contributed by atoms with van der Waals surface area (Å²) in [5.41, 5.74) is 2.39. The maximum absolute atomic E-state index is 4.11. The van der Waals surface area contributed by atoms with E-state index in [0.29, 0.717) is 6.54 Å². The number of nitrogens with one attached hydrogen (secondary N) is 1. The molecule has 0 radical (unpaired) electrons. The van der Waals surface area contributed by atoms with Crippen molar-refractivity contribution in [2.75, 3.05) is 0 Å². The lowest BCUT2D eigenvalue weighted by Gasteiger charge is -2.19. The van der Waals surface area contributed by atoms with Gasteiger partial charge in [-0.05, 0) is 23.3 Å². The third-order valence-corrected chi connectivity index (χ3v) is 3.44. The molecule has 0 fully saturated rings. The highest BCUT2D eigenvalue weighted by Crippen LogP contribution is 2.21. The minimum Gasteiger partial charge on any atom is -0.320 e. The third-order valence-electron chi connectivity index (χ3n) is 3.44. The summed E-state index contributed by atoms with van der Waals surface area (Å²) < 4.78 is 1.92. The molecule has 1 atom stereocenters. The predicted octanol–water partition coefficient (Wildman–Crippen LogP) is 2.09. The smallest absolute Gasteiger partial charge is 0.146 e. The van der Waals surface area contributed by atoms with Gasteiger partial charge in [0.05, 0.1) is 12.6 Å². The lowest BCUT2D eigenvalue weighted by atomic mass is 10.00. The Morgan fingerprint density at radius 1 is 1.05 bits per heavy atom. The summed E-state index contributed by atoms with van der Waals surface area (Å²) in [6.07, 6.45) is 5.34. The molecule has 1 unspecified atom stereocenters. The zero-order valence-electron chi connectivity index (χ0n) is 11.8. The fraction of sp³-hybridized carbons (Fsp3) is 0.188. The van der Waals surface area contributed by atoms with E-state index in [1.54, 1.807) is 6.33 Å². The van der Waals surface area contributed by atoms with Crippen molar-refractivity contribution in [1.29, 1.82) is 0 Å². The van der Waals surface area contributed by atoms with Crippen molar-refractivity contribution in [1.82, 2.24) is 25.1 Å². The number of aromatic nitrogens is 4. The number of nitrogens with zero attached hydrogens (tertiary/aromatic N) is 4. The van der Waals surface area contributed by atoms with Crippen LogP contribution in [-0.2, 0) is 13.6 Å². The average molecular weight is 279 g/mol. The topological polar surface area (TPSA) is 55.6 Å². The fourth-order valence-corrected chi connectivity index (χ4v) is 2.29. The molecule has 0 aliphatic heterocycles. The second-order valence-corrected chi connectivity index (χ2v) is 4.86. The van der Waals surface area contributed by atoms with Gasteiger partial charge in [0.25, 0.3) is 0 Å². The van der Waals surface area contributed by atoms with Crippen LogP contribution in [0.2, 0.25) is 0 Å². The highest BCUT2D eigenvalue weighted by Gasteiger charge is 2.14. The summed E-state index contributed by atoms with van der Waals surface area (Å²) in [6, 6.07) is 14.5. The Bertz CT molecular complexity index is 639. The molecule has 0 aliphatic rings. The fourth-order valence-electron chi connectivity index (χ4n) is 2.29. The molecule has 0 amide bonds. The van der Waals surface area contributed by atoms with Crippen molar-refractivity contribution in [3.05, 3.63) is 78.1 Å². The number of hydrogen-bond acceptors (Lipinski definition) is 4. The summed E-state index contributed by atoms with van der Waals surface area (Å²) in [5.74, 6) is 0.907. The zero-order valence-corrected chi connectivity index (χ0v) is 11.8. The van der Waals surface area contributed by atoms with E-state index >= 15 is 0 Å². The molecular formula is C16H17N5. The standard InChI is InChI=1S/C16H17N5/c1-21-12-19-20-15(21)11-18-16(13-5-3-2-4-6-13)14-7-9-17-10-8-14/h2-10,12,16,18H,11H2,1H3. The van der Waals surface area contributed by atoms with Crippen LogP contribution in [0.1, 0.15) is 23.0 Å². The van der Waals surface area contributed by atoms with Gasteiger partial charge in [-0.25, -0.2) is 0 Å². The van der Waals surface area contributed by atoms with Gasteiger partial charge >= 0.3 is 0 Å². The van der Waals surface area contributed by atoms with E-state index in [2.05, 4.69) is 32.6 Å². The third kappa shape index (κ3) is 3.14. The Morgan fingerprint density at radius 2 is 1.76 bits per heavy atom. The van der Waals surface area contributed by atoms with Gasteiger partial charge in [0, 0.05) is 19.4 Å². The Balaban J connectivity index is 1.85. The van der Waals surface area contributed by atoms with E-state index < -0.39 is 0 Å². The van der Waals surface area contributed by atoms with Crippen molar-refractivity contribution in [3.8, 4) is 0 Å². The molecule has 0 aliphatic carbocycles. The molecule has 3 rings (SSSR count). The number of benzene rings is 1. The van der Waals surface area contributed by atoms with Crippen LogP contribution in [0.25, 0.3) is 0 Å². The molecule has 5 heteroatoms. The van der Waals surface area contributed by atoms with Gasteiger partial charge in [-0.2, -0.15) is 0 Å². The first kappa shape index (κ1) is 13.5. The molecule has 1 N–H and O–H groups in total. The molecule has 21 heavy (non-hydrogen) atoms. The quantitative estimate of drug-likeness (QED) is 0.777. The van der Waals surface area contributed by atoms with E-state index in [9.17, 15) is 0 Å². The first-order valence-corrected chi connectivity index (χ1v) is 6.86. The molecule has 3 aromatic rings. The van der Waals surface area contributed by atoms with Crippen molar-refractivity contribution in [2.24, 2.45) is 7.05 Å². The minimum absolute atomic E-state index is 0.103. The maximum Gasteiger partial charge on any atom is 0.146 e. The van der Waals surface area contributed by atoms with Crippen LogP contribution in [0, 0.1) is 0 Å². The SMILES string of the molecule is Cn1cnnc1CNC(c1ccccc1)c1ccncc1. The van der Waals surface area contributed by atoms with Gasteiger partial charge in [0.1, 0.15) is 12.2 Å². The van der Waals surface area contributed by atoms with Crippen LogP contribution in [0.15, 0.2) is 61.2 Å². The average Bonchev–Trinajstić information content (AvgIpc) is 2.95. The normalized spacial score (nSPS) is 12.2. The van der Waals surface area contributed by atoms with E-state index in [0.717, 1.165) is 5.82 Å². The number of pyridine rings is 1. The van der Waals surface area contributed by atoms with Crippen LogP contribution in [0.3, 0.4) is 0 Å². The monoisotopic (exact) mass is 279 g/mol. The van der Waals surface area contributed by atoms with Crippen LogP contribution in [-0.4, -0.2) is 19.7 Å². The van der Waals surface area contributed by atoms with Gasteiger partial charge in [-0.1, -0.05) is 30.3 Å². The largest absolute Gasteiger partial charge is 0.320 e. The zero-order chi connectivity index (χ0) is 14.5. The molecule has 0 saturated heterocycles. The first-order chi connectivity index (χ1) is 10.3. The first-order valence-electron chi connectivity index (χ1n) is 6.86. The number of aryl methyl sites for hydroxylation is 1. The second kappa shape index (κ2) is 6.28. The molecule has 5 nitrogen and oxygen atoms in total. The predicted molar refractivity (Wildman–Crippen MR) is 80.4 cm³/mol. The summed E-state index contributed by atoms with van der Waals surface area (Å²) in [7, 11) is 1.95. The second-order valence-electron chi connectivity index (χ2n) is 4.86. The van der Waals surface area contributed by atoms with E-state index in [1.807, 2.05) is 54.3 Å². The molecule has 2 heterocycles. The van der Waals surface area contributed by atoms with Crippen molar-refractivity contribution < 1.29 is 0 Å². The summed E-state index contributed by atoms with van der Waals surface area (Å²) >= 11 is 0. The van der Waals surface area contributed by atoms with Crippen molar-refractivity contribution >= 4 is 0 Å². The van der Waals surface area contributed by atoms with E-state index in [-0.39, 0.29) is 6.04 Å². The van der Waals surface area contributed by atoms with Gasteiger partial charge in [0.15, 0.2) is 0 Å². The van der Waals surface area contributed by atoms with Crippen molar-refractivity contribution in [2.45, 2.75) is 12.6 Å². The lowest BCUT2D eigenvalue weighted by Crippen LogP contribution is -2.23. The molecule has 0 spiro atoms. The molecular weight excluding hydrogens is 262 g/mol. The van der Waals surface area contributed by atoms with E-state index in [4.69, 9.17) is 0 Å². The summed E-state index contributed by atoms with van der Waals surface area (Å²) in [4.78, 5) is 4.09. The number of hydrogen-bond donors (Lipinski definition) is 1. The Labute approximate surface area is 123 Å². The van der Waals surface area contributed by atoms with E-state index in [1.165, 1.54) is 11.1 Å². The summed E-state index contributed by atoms with van der Waals surface area (Å²) in [6.45, 7) is 0.651. The molecule has 2 aromatic heterocycles. The van der Waals surface area contributed by atoms with Gasteiger partial charge in [-0.3, -0.25) is 10.3 Å². The molecule has 0 bridgehead atoms. The van der Waals surface area contributed by atoms with Crippen LogP contribution in [0.5, 0.6) is 0 Å².